The maximum atomic E-state index is 12.4. The van der Waals surface area contributed by atoms with Crippen molar-refractivity contribution >= 4 is 16.8 Å². The summed E-state index contributed by atoms with van der Waals surface area (Å²) in [6.45, 7) is 4.04. The number of fused-ring (bicyclic) bond motifs is 3. The molecule has 0 radical (unpaired) electrons. The Morgan fingerprint density at radius 2 is 2.30 bits per heavy atom. The molecule has 0 bridgehead atoms. The second-order valence-corrected chi connectivity index (χ2v) is 5.92. The average molecular weight is 313 g/mol. The Kier molecular flexibility index (Phi) is 3.53. The first-order chi connectivity index (χ1) is 11.2. The summed E-state index contributed by atoms with van der Waals surface area (Å²) >= 11 is 0. The zero-order valence-corrected chi connectivity index (χ0v) is 13.1. The van der Waals surface area contributed by atoms with Gasteiger partial charge in [-0.3, -0.25) is 9.89 Å². The van der Waals surface area contributed by atoms with Gasteiger partial charge in [-0.15, -0.1) is 0 Å². The number of hydrogen-bond donors (Lipinski definition) is 1. The van der Waals surface area contributed by atoms with E-state index in [1.165, 1.54) is 0 Å². The summed E-state index contributed by atoms with van der Waals surface area (Å²) in [6, 6.07) is 5.67. The number of nitrogens with one attached hydrogen (secondary N) is 1. The van der Waals surface area contributed by atoms with Crippen LogP contribution in [0.5, 0.6) is 5.75 Å². The molecule has 0 amide bonds. The lowest BCUT2D eigenvalue weighted by Crippen LogP contribution is -2.40. The van der Waals surface area contributed by atoms with Gasteiger partial charge in [0, 0.05) is 31.1 Å². The van der Waals surface area contributed by atoms with Gasteiger partial charge in [-0.2, -0.15) is 0 Å². The topological polar surface area (TPSA) is 67.1 Å². The van der Waals surface area contributed by atoms with Crippen LogP contribution in [0.3, 0.4) is 0 Å². The summed E-state index contributed by atoms with van der Waals surface area (Å²) in [6.07, 6.45) is 0.844. The summed E-state index contributed by atoms with van der Waals surface area (Å²) in [5.41, 5.74) is 2.24. The lowest BCUT2D eigenvalue weighted by Gasteiger charge is -2.28. The molecule has 0 atom stereocenters. The van der Waals surface area contributed by atoms with Gasteiger partial charge in [0.2, 0.25) is 0 Å². The minimum Gasteiger partial charge on any atom is -0.497 e. The first-order valence-electron chi connectivity index (χ1n) is 7.87. The van der Waals surface area contributed by atoms with Crippen molar-refractivity contribution in [1.29, 1.82) is 0 Å². The van der Waals surface area contributed by atoms with E-state index in [-0.39, 0.29) is 5.63 Å². The van der Waals surface area contributed by atoms with Crippen LogP contribution in [0.25, 0.3) is 11.0 Å². The SMILES string of the molecule is COc1ccc2c3c(c(=O)oc2c1)CN(CC1=NCCN1)CC3. The molecule has 0 fully saturated rings. The van der Waals surface area contributed by atoms with Crippen molar-refractivity contribution in [2.24, 2.45) is 4.99 Å². The highest BCUT2D eigenvalue weighted by atomic mass is 16.5. The van der Waals surface area contributed by atoms with E-state index in [9.17, 15) is 4.79 Å². The molecule has 0 unspecified atom stereocenters. The minimum absolute atomic E-state index is 0.244. The van der Waals surface area contributed by atoms with E-state index in [1.54, 1.807) is 13.2 Å². The fourth-order valence-corrected chi connectivity index (χ4v) is 3.33. The smallest absolute Gasteiger partial charge is 0.341 e. The molecule has 1 N–H and O–H groups in total. The molecule has 23 heavy (non-hydrogen) atoms. The molecule has 0 saturated carbocycles. The zero-order chi connectivity index (χ0) is 15.8. The third-order valence-electron chi connectivity index (χ3n) is 4.50. The third kappa shape index (κ3) is 2.59. The normalized spacial score (nSPS) is 17.7. The van der Waals surface area contributed by atoms with Crippen LogP contribution in [0.15, 0.2) is 32.4 Å². The Bertz CT molecular complexity index is 841. The molecule has 3 heterocycles. The Balaban J connectivity index is 1.68. The summed E-state index contributed by atoms with van der Waals surface area (Å²) < 4.78 is 10.7. The summed E-state index contributed by atoms with van der Waals surface area (Å²) in [5, 5.41) is 4.29. The Morgan fingerprint density at radius 3 is 3.09 bits per heavy atom. The number of nitrogens with zero attached hydrogens (tertiary/aromatic N) is 2. The van der Waals surface area contributed by atoms with Gasteiger partial charge in [0.15, 0.2) is 0 Å². The van der Waals surface area contributed by atoms with Gasteiger partial charge >= 0.3 is 5.63 Å². The molecule has 0 spiro atoms. The van der Waals surface area contributed by atoms with Crippen molar-refractivity contribution in [2.45, 2.75) is 13.0 Å². The van der Waals surface area contributed by atoms with Crippen molar-refractivity contribution in [3.05, 3.63) is 39.7 Å². The highest BCUT2D eigenvalue weighted by molar-refractivity contribution is 5.86. The number of amidine groups is 1. The summed E-state index contributed by atoms with van der Waals surface area (Å²) in [4.78, 5) is 19.0. The second-order valence-electron chi connectivity index (χ2n) is 5.92. The largest absolute Gasteiger partial charge is 0.497 e. The van der Waals surface area contributed by atoms with Crippen molar-refractivity contribution < 1.29 is 9.15 Å². The van der Waals surface area contributed by atoms with E-state index in [4.69, 9.17) is 9.15 Å². The van der Waals surface area contributed by atoms with Gasteiger partial charge < -0.3 is 14.5 Å². The molecular formula is C17H19N3O3. The highest BCUT2D eigenvalue weighted by Crippen LogP contribution is 2.27. The first kappa shape index (κ1) is 14.3. The number of methoxy groups -OCH3 is 1. The Morgan fingerprint density at radius 1 is 1.39 bits per heavy atom. The summed E-state index contributed by atoms with van der Waals surface area (Å²) in [5.74, 6) is 1.71. The molecule has 2 aliphatic rings. The molecular weight excluding hydrogens is 294 g/mol. The predicted molar refractivity (Wildman–Crippen MR) is 88.3 cm³/mol. The summed E-state index contributed by atoms with van der Waals surface area (Å²) in [7, 11) is 1.61. The average Bonchev–Trinajstić information content (AvgIpc) is 3.07. The first-order valence-corrected chi connectivity index (χ1v) is 7.87. The van der Waals surface area contributed by atoms with E-state index in [0.717, 1.165) is 54.9 Å². The van der Waals surface area contributed by atoms with Crippen LogP contribution in [0, 0.1) is 0 Å². The molecule has 1 aromatic heterocycles. The molecule has 0 saturated heterocycles. The minimum atomic E-state index is -0.244. The van der Waals surface area contributed by atoms with Crippen molar-refractivity contribution in [2.75, 3.05) is 33.3 Å². The van der Waals surface area contributed by atoms with Crippen molar-refractivity contribution in [3.63, 3.8) is 0 Å². The monoisotopic (exact) mass is 313 g/mol. The fraction of sp³-hybridized carbons (Fsp3) is 0.412. The number of rotatable bonds is 3. The zero-order valence-electron chi connectivity index (χ0n) is 13.1. The molecule has 2 aromatic rings. The lowest BCUT2D eigenvalue weighted by atomic mass is 9.97. The maximum absolute atomic E-state index is 12.4. The van der Waals surface area contributed by atoms with Crippen molar-refractivity contribution in [3.8, 4) is 5.75 Å². The van der Waals surface area contributed by atoms with E-state index in [1.807, 2.05) is 12.1 Å². The molecule has 120 valence electrons. The van der Waals surface area contributed by atoms with Gasteiger partial charge in [-0.25, -0.2) is 4.79 Å². The Labute approximate surface area is 133 Å². The number of benzene rings is 1. The van der Waals surface area contributed by atoms with Gasteiger partial charge in [0.05, 0.1) is 25.8 Å². The maximum Gasteiger partial charge on any atom is 0.341 e. The quantitative estimate of drug-likeness (QED) is 0.861. The van der Waals surface area contributed by atoms with Crippen LogP contribution >= 0.6 is 0 Å². The Hall–Kier alpha value is -2.34. The number of hydrogen-bond acceptors (Lipinski definition) is 6. The van der Waals surface area contributed by atoms with Crippen LogP contribution in [-0.4, -0.2) is 44.0 Å². The lowest BCUT2D eigenvalue weighted by molar-refractivity contribution is 0.283. The number of aliphatic imine (C=N–C) groups is 1. The standard InChI is InChI=1S/C17H19N3O3/c1-22-11-2-3-13-12-4-7-20(10-16-18-5-6-19-16)9-14(12)17(21)23-15(13)8-11/h2-3,8H,4-7,9-10H2,1H3,(H,18,19). The van der Waals surface area contributed by atoms with Crippen LogP contribution in [0.4, 0.5) is 0 Å². The predicted octanol–water partition coefficient (Wildman–Crippen LogP) is 1.16. The van der Waals surface area contributed by atoms with Gasteiger partial charge in [0.25, 0.3) is 0 Å². The highest BCUT2D eigenvalue weighted by Gasteiger charge is 2.24. The molecule has 2 aliphatic heterocycles. The fourth-order valence-electron chi connectivity index (χ4n) is 3.33. The van der Waals surface area contributed by atoms with Crippen molar-refractivity contribution in [1.82, 2.24) is 10.2 Å². The number of ether oxygens (including phenoxy) is 1. The second kappa shape index (κ2) is 5.70. The van der Waals surface area contributed by atoms with E-state index in [0.29, 0.717) is 17.9 Å². The molecule has 6 nitrogen and oxygen atoms in total. The van der Waals surface area contributed by atoms with E-state index < -0.39 is 0 Å². The van der Waals surface area contributed by atoms with Gasteiger partial charge in [-0.05, 0) is 24.1 Å². The van der Waals surface area contributed by atoms with Crippen LogP contribution < -0.4 is 15.7 Å². The molecule has 6 heteroatoms. The molecule has 4 rings (SSSR count). The van der Waals surface area contributed by atoms with E-state index in [2.05, 4.69) is 15.2 Å². The van der Waals surface area contributed by atoms with E-state index >= 15 is 0 Å². The van der Waals surface area contributed by atoms with Crippen LogP contribution in [-0.2, 0) is 13.0 Å². The van der Waals surface area contributed by atoms with Gasteiger partial charge in [0.1, 0.15) is 17.2 Å². The molecule has 0 aliphatic carbocycles. The van der Waals surface area contributed by atoms with Gasteiger partial charge in [-0.1, -0.05) is 0 Å². The van der Waals surface area contributed by atoms with Crippen LogP contribution in [0.1, 0.15) is 11.1 Å². The molecule has 1 aromatic carbocycles. The van der Waals surface area contributed by atoms with Crippen LogP contribution in [0.2, 0.25) is 0 Å². The third-order valence-corrected chi connectivity index (χ3v) is 4.50.